The Morgan fingerprint density at radius 1 is 1.04 bits per heavy atom. The highest BCUT2D eigenvalue weighted by atomic mass is 19.4. The Hall–Kier alpha value is -2.38. The zero-order valence-electron chi connectivity index (χ0n) is 13.0. The second-order valence-electron chi connectivity index (χ2n) is 6.38. The molecule has 4 nitrogen and oxygen atoms in total. The molecule has 2 aliphatic heterocycles. The number of hydrogen-bond donors (Lipinski definition) is 2. The lowest BCUT2D eigenvalue weighted by Crippen LogP contribution is -2.57. The number of halogens is 3. The first-order chi connectivity index (χ1) is 11.8. The van der Waals surface area contributed by atoms with Gasteiger partial charge in [-0.2, -0.15) is 13.2 Å². The highest BCUT2D eigenvalue weighted by Gasteiger charge is 2.72. The summed E-state index contributed by atoms with van der Waals surface area (Å²) in [4.78, 5) is 13.8. The zero-order chi connectivity index (χ0) is 17.9. The van der Waals surface area contributed by atoms with E-state index in [9.17, 15) is 23.1 Å². The number of alkyl halides is 3. The van der Waals surface area contributed by atoms with Crippen LogP contribution in [-0.2, 0) is 17.0 Å². The largest absolute Gasteiger partial charge is 0.426 e. The predicted molar refractivity (Wildman–Crippen MR) is 84.5 cm³/mol. The number of aliphatic hydroxyl groups is 1. The van der Waals surface area contributed by atoms with Gasteiger partial charge in [-0.1, -0.05) is 48.5 Å². The van der Waals surface area contributed by atoms with Gasteiger partial charge in [-0.25, -0.2) is 0 Å². The Morgan fingerprint density at radius 2 is 1.68 bits per heavy atom. The van der Waals surface area contributed by atoms with Crippen LogP contribution < -0.4 is 10.2 Å². The fraction of sp³-hybridized carbons (Fsp3) is 0.278. The molecule has 1 fully saturated rings. The van der Waals surface area contributed by atoms with Gasteiger partial charge in [0.25, 0.3) is 5.91 Å². The maximum Gasteiger partial charge on any atom is 0.426 e. The molecule has 25 heavy (non-hydrogen) atoms. The van der Waals surface area contributed by atoms with Crippen molar-refractivity contribution < 1.29 is 23.1 Å². The quantitative estimate of drug-likeness (QED) is 0.833. The van der Waals surface area contributed by atoms with Gasteiger partial charge in [0.15, 0.2) is 0 Å². The molecule has 4 rings (SSSR count). The first-order valence-corrected chi connectivity index (χ1v) is 7.82. The molecule has 0 bridgehead atoms. The van der Waals surface area contributed by atoms with E-state index >= 15 is 0 Å². The van der Waals surface area contributed by atoms with Gasteiger partial charge in [0, 0.05) is 13.0 Å². The normalized spacial score (nSPS) is 28.6. The van der Waals surface area contributed by atoms with E-state index in [4.69, 9.17) is 0 Å². The topological polar surface area (TPSA) is 52.6 Å². The minimum Gasteiger partial charge on any atom is -0.372 e. The molecule has 0 saturated carbocycles. The average Bonchev–Trinajstić information content (AvgIpc) is 2.85. The molecule has 2 aromatic carbocycles. The standard InChI is InChI=1S/C18H15F3N2O2/c19-18(20,21)16(25)11-17(13-7-2-1-3-8-13)22-10-12-6-4-5-9-14(12)23(17)15(16)24/h1-9,22,25H,10-11H2/t16-,17+/m0/s1. The van der Waals surface area contributed by atoms with Crippen molar-refractivity contribution in [2.45, 2.75) is 30.4 Å². The number of fused-ring (bicyclic) bond motifs is 3. The van der Waals surface area contributed by atoms with Gasteiger partial charge in [-0.05, 0) is 17.2 Å². The minimum atomic E-state index is -5.07. The third-order valence-electron chi connectivity index (χ3n) is 4.97. The van der Waals surface area contributed by atoms with E-state index < -0.39 is 29.8 Å². The van der Waals surface area contributed by atoms with Crippen molar-refractivity contribution in [1.29, 1.82) is 0 Å². The van der Waals surface area contributed by atoms with Gasteiger partial charge in [0.05, 0.1) is 5.69 Å². The Kier molecular flexibility index (Phi) is 3.26. The van der Waals surface area contributed by atoms with Crippen LogP contribution in [0.25, 0.3) is 0 Å². The molecule has 0 aliphatic carbocycles. The van der Waals surface area contributed by atoms with Crippen molar-refractivity contribution >= 4 is 11.6 Å². The third kappa shape index (κ3) is 2.06. The van der Waals surface area contributed by atoms with Crippen molar-refractivity contribution in [1.82, 2.24) is 5.32 Å². The number of para-hydroxylation sites is 1. The summed E-state index contributed by atoms with van der Waals surface area (Å²) in [7, 11) is 0. The van der Waals surface area contributed by atoms with E-state index in [1.807, 2.05) is 0 Å². The van der Waals surface area contributed by atoms with Crippen molar-refractivity contribution in [3.8, 4) is 0 Å². The van der Waals surface area contributed by atoms with Gasteiger partial charge in [-0.15, -0.1) is 0 Å². The van der Waals surface area contributed by atoms with Crippen molar-refractivity contribution in [2.75, 3.05) is 4.90 Å². The number of hydrogen-bond acceptors (Lipinski definition) is 3. The summed E-state index contributed by atoms with van der Waals surface area (Å²) in [6.45, 7) is 0.294. The Morgan fingerprint density at radius 3 is 2.36 bits per heavy atom. The summed E-state index contributed by atoms with van der Waals surface area (Å²) in [6.07, 6.45) is -5.87. The van der Waals surface area contributed by atoms with E-state index in [2.05, 4.69) is 5.32 Å². The van der Waals surface area contributed by atoms with Crippen molar-refractivity contribution in [2.24, 2.45) is 0 Å². The number of carbonyl (C=O) groups excluding carboxylic acids is 1. The third-order valence-corrected chi connectivity index (χ3v) is 4.97. The highest BCUT2D eigenvalue weighted by Crippen LogP contribution is 2.53. The molecule has 2 N–H and O–H groups in total. The van der Waals surface area contributed by atoms with Crippen LogP contribution in [0.15, 0.2) is 54.6 Å². The number of nitrogens with zero attached hydrogens (tertiary/aromatic N) is 1. The zero-order valence-corrected chi connectivity index (χ0v) is 13.0. The first-order valence-electron chi connectivity index (χ1n) is 7.82. The van der Waals surface area contributed by atoms with Gasteiger partial charge >= 0.3 is 6.18 Å². The minimum absolute atomic E-state index is 0.294. The summed E-state index contributed by atoms with van der Waals surface area (Å²) in [5.41, 5.74) is -3.30. The highest BCUT2D eigenvalue weighted by molar-refractivity contribution is 6.05. The lowest BCUT2D eigenvalue weighted by molar-refractivity contribution is -0.248. The van der Waals surface area contributed by atoms with Crippen molar-refractivity contribution in [3.05, 3.63) is 65.7 Å². The molecule has 0 aromatic heterocycles. The number of anilines is 1. The Labute approximate surface area is 141 Å². The maximum absolute atomic E-state index is 13.6. The van der Waals surface area contributed by atoms with Crippen LogP contribution >= 0.6 is 0 Å². The fourth-order valence-corrected chi connectivity index (χ4v) is 3.73. The van der Waals surface area contributed by atoms with Crippen LogP contribution in [0.1, 0.15) is 17.5 Å². The molecule has 1 amide bonds. The van der Waals surface area contributed by atoms with Crippen LogP contribution in [0.5, 0.6) is 0 Å². The summed E-state index contributed by atoms with van der Waals surface area (Å²) in [5.74, 6) is -1.36. The molecule has 0 radical (unpaired) electrons. The molecule has 7 heteroatoms. The number of amides is 1. The number of nitrogens with one attached hydrogen (secondary N) is 1. The second kappa shape index (κ2) is 5.06. The monoisotopic (exact) mass is 348 g/mol. The molecule has 2 aromatic rings. The summed E-state index contributed by atoms with van der Waals surface area (Å²) >= 11 is 0. The lowest BCUT2D eigenvalue weighted by atomic mass is 9.88. The van der Waals surface area contributed by atoms with E-state index in [0.29, 0.717) is 23.4 Å². The smallest absolute Gasteiger partial charge is 0.372 e. The maximum atomic E-state index is 13.6. The molecule has 2 heterocycles. The van der Waals surface area contributed by atoms with E-state index in [0.717, 1.165) is 4.90 Å². The Balaban J connectivity index is 1.97. The summed E-state index contributed by atoms with van der Waals surface area (Å²) in [6, 6.07) is 15.2. The van der Waals surface area contributed by atoms with Crippen LogP contribution in [0, 0.1) is 0 Å². The molecular weight excluding hydrogens is 333 g/mol. The molecule has 0 unspecified atom stereocenters. The van der Waals surface area contributed by atoms with E-state index in [-0.39, 0.29) is 0 Å². The predicted octanol–water partition coefficient (Wildman–Crippen LogP) is 2.67. The van der Waals surface area contributed by atoms with Gasteiger partial charge in [0.2, 0.25) is 5.60 Å². The average molecular weight is 348 g/mol. The van der Waals surface area contributed by atoms with E-state index in [1.165, 1.54) is 0 Å². The number of rotatable bonds is 1. The van der Waals surface area contributed by atoms with Crippen molar-refractivity contribution in [3.63, 3.8) is 0 Å². The fourth-order valence-electron chi connectivity index (χ4n) is 3.73. The summed E-state index contributed by atoms with van der Waals surface area (Å²) in [5, 5.41) is 13.4. The Bertz CT molecular complexity index is 840. The lowest BCUT2D eigenvalue weighted by Gasteiger charge is -2.44. The SMILES string of the molecule is O=C1N2c3ccccc3CN[C@]2(c2ccccc2)C[C@@]1(O)C(F)(F)F. The molecule has 2 aliphatic rings. The second-order valence-corrected chi connectivity index (χ2v) is 6.38. The van der Waals surface area contributed by atoms with Crippen LogP contribution in [-0.4, -0.2) is 22.8 Å². The van der Waals surface area contributed by atoms with Crippen LogP contribution in [0.3, 0.4) is 0 Å². The molecule has 0 spiro atoms. The summed E-state index contributed by atoms with van der Waals surface area (Å²) < 4.78 is 40.7. The molecule has 1 saturated heterocycles. The van der Waals surface area contributed by atoms with Gasteiger partial charge in [0.1, 0.15) is 5.66 Å². The number of benzene rings is 2. The van der Waals surface area contributed by atoms with E-state index in [1.54, 1.807) is 54.6 Å². The van der Waals surface area contributed by atoms with Gasteiger partial charge < -0.3 is 5.11 Å². The van der Waals surface area contributed by atoms with Gasteiger partial charge in [-0.3, -0.25) is 15.0 Å². The molecule has 2 atom stereocenters. The van der Waals surface area contributed by atoms with Crippen LogP contribution in [0.4, 0.5) is 18.9 Å². The number of carbonyl (C=O) groups is 1. The molecule has 130 valence electrons. The first kappa shape index (κ1) is 16.1. The van der Waals surface area contributed by atoms with Crippen LogP contribution in [0.2, 0.25) is 0 Å². The molecular formula is C18H15F3N2O2.